The Kier molecular flexibility index (Phi) is 20.8. The second-order valence-electron chi connectivity index (χ2n) is 16.2. The van der Waals surface area contributed by atoms with E-state index in [1.807, 2.05) is 0 Å². The molecule has 0 spiro atoms. The average molecular weight is 860 g/mol. The van der Waals surface area contributed by atoms with Crippen LogP contribution in [0.3, 0.4) is 0 Å². The number of amides is 7. The van der Waals surface area contributed by atoms with E-state index >= 15 is 0 Å². The third kappa shape index (κ3) is 18.4. The molecule has 20 nitrogen and oxygen atoms in total. The number of Topliss-reactive ketones (excluding diaryl/α,β-unsaturated/α-hetero) is 1. The first-order valence-electron chi connectivity index (χ1n) is 20.3. The molecule has 61 heavy (non-hydrogen) atoms. The molecule has 1 heterocycles. The van der Waals surface area contributed by atoms with Crippen LogP contribution >= 0.6 is 0 Å². The molecule has 0 saturated carbocycles. The summed E-state index contributed by atoms with van der Waals surface area (Å²) < 4.78 is 10.8. The fraction of sp³-hybridized carbons (Fsp3) is 0.610. The van der Waals surface area contributed by atoms with E-state index in [9.17, 15) is 47.9 Å². The van der Waals surface area contributed by atoms with E-state index in [-0.39, 0.29) is 31.3 Å². The first kappa shape index (κ1) is 51.1. The maximum absolute atomic E-state index is 14.1. The molecule has 338 valence electrons. The lowest BCUT2D eigenvalue weighted by Crippen LogP contribution is -2.57. The minimum Gasteiger partial charge on any atom is -0.481 e. The molecule has 1 aromatic rings. The van der Waals surface area contributed by atoms with Gasteiger partial charge in [0.05, 0.1) is 24.8 Å². The zero-order chi connectivity index (χ0) is 46.0. The average Bonchev–Trinajstić information content (AvgIpc) is 3.17. The number of carboxylic acids is 1. The molecule has 0 bridgehead atoms. The maximum atomic E-state index is 14.1. The Morgan fingerprint density at radius 3 is 2.11 bits per heavy atom. The Morgan fingerprint density at radius 2 is 1.54 bits per heavy atom. The number of rotatable bonds is 17. The van der Waals surface area contributed by atoms with Gasteiger partial charge < -0.3 is 52.2 Å². The molecule has 1 saturated heterocycles. The molecule has 1 fully saturated rings. The molecule has 7 atom stereocenters. The molecule has 1 aromatic carbocycles. The van der Waals surface area contributed by atoms with Crippen LogP contribution in [0.15, 0.2) is 30.3 Å². The Hall–Kier alpha value is -6.08. The molecule has 0 radical (unpaired) electrons. The number of esters is 1. The molecule has 0 aromatic heterocycles. The predicted octanol–water partition coefficient (Wildman–Crippen LogP) is 0.346. The van der Waals surface area contributed by atoms with Crippen LogP contribution in [0.5, 0.6) is 0 Å². The van der Waals surface area contributed by atoms with Gasteiger partial charge in [0.2, 0.25) is 35.4 Å². The lowest BCUT2D eigenvalue weighted by Gasteiger charge is -2.27. The summed E-state index contributed by atoms with van der Waals surface area (Å²) in [4.78, 5) is 132. The summed E-state index contributed by atoms with van der Waals surface area (Å²) in [5.74, 6) is -10.6. The fourth-order valence-electron chi connectivity index (χ4n) is 6.25. The molecule has 7 amide bonds. The number of ether oxygens (including phenoxy) is 2. The van der Waals surface area contributed by atoms with Gasteiger partial charge in [0.15, 0.2) is 5.78 Å². The van der Waals surface area contributed by atoms with E-state index in [0.29, 0.717) is 5.56 Å². The summed E-state index contributed by atoms with van der Waals surface area (Å²) >= 11 is 0. The van der Waals surface area contributed by atoms with Gasteiger partial charge in [0.1, 0.15) is 36.9 Å². The van der Waals surface area contributed by atoms with Gasteiger partial charge in [-0.05, 0) is 43.1 Å². The number of benzene rings is 1. The van der Waals surface area contributed by atoms with Crippen LogP contribution in [0.25, 0.3) is 0 Å². The van der Waals surface area contributed by atoms with Crippen molar-refractivity contribution in [2.75, 3.05) is 6.54 Å². The highest BCUT2D eigenvalue weighted by atomic mass is 16.6. The lowest BCUT2D eigenvalue weighted by atomic mass is 9.92. The van der Waals surface area contributed by atoms with Gasteiger partial charge in [0.25, 0.3) is 0 Å². The zero-order valence-corrected chi connectivity index (χ0v) is 35.7. The Labute approximate surface area is 354 Å². The van der Waals surface area contributed by atoms with Gasteiger partial charge >= 0.3 is 18.0 Å². The van der Waals surface area contributed by atoms with Gasteiger partial charge in [-0.2, -0.15) is 0 Å². The van der Waals surface area contributed by atoms with Crippen molar-refractivity contribution in [3.63, 3.8) is 0 Å². The second-order valence-corrected chi connectivity index (χ2v) is 16.2. The number of ketones is 1. The van der Waals surface area contributed by atoms with Crippen LogP contribution in [0.4, 0.5) is 4.79 Å². The molecule has 20 heteroatoms. The summed E-state index contributed by atoms with van der Waals surface area (Å²) in [6, 6.07) is 1.47. The summed E-state index contributed by atoms with van der Waals surface area (Å²) in [5.41, 5.74) is 6.19. The first-order chi connectivity index (χ1) is 28.6. The first-order valence-corrected chi connectivity index (χ1v) is 20.3. The minimum absolute atomic E-state index is 0.0377. The highest BCUT2D eigenvalue weighted by Crippen LogP contribution is 2.16. The molecule has 2 rings (SSSR count). The Balaban J connectivity index is 2.59. The van der Waals surface area contributed by atoms with Crippen molar-refractivity contribution in [1.29, 1.82) is 0 Å². The predicted molar refractivity (Wildman–Crippen MR) is 217 cm³/mol. The highest BCUT2D eigenvalue weighted by Gasteiger charge is 2.38. The monoisotopic (exact) mass is 859 g/mol. The largest absolute Gasteiger partial charge is 0.481 e. The van der Waals surface area contributed by atoms with E-state index in [1.165, 1.54) is 6.92 Å². The maximum Gasteiger partial charge on any atom is 0.408 e. The quantitative estimate of drug-likeness (QED) is 0.0982. The number of hydrogen-bond donors (Lipinski definition) is 8. The normalized spacial score (nSPS) is 21.4. The van der Waals surface area contributed by atoms with Gasteiger partial charge in [-0.1, -0.05) is 71.9 Å². The molecule has 1 aliphatic rings. The number of hydrogen-bond acceptors (Lipinski definition) is 12. The number of carbonyl (C=O) groups excluding carboxylic acids is 9. The van der Waals surface area contributed by atoms with Crippen LogP contribution in [0.2, 0.25) is 0 Å². The highest BCUT2D eigenvalue weighted by molar-refractivity contribution is 5.98. The van der Waals surface area contributed by atoms with Crippen molar-refractivity contribution in [3.8, 4) is 0 Å². The third-order valence-electron chi connectivity index (χ3n) is 9.51. The summed E-state index contributed by atoms with van der Waals surface area (Å²) in [7, 11) is 0. The number of primary amides is 1. The molecule has 1 aliphatic heterocycles. The van der Waals surface area contributed by atoms with Crippen molar-refractivity contribution < 1.29 is 62.5 Å². The standard InChI is InChI=1S/C41H61N7O13/c1-21(2)15-27-30(49)17-26(37(55)45-28(36(42)54)16-22(3)4)19-43-39(57)35(48-41(59)60-20-25-11-9-8-10-12-25)24(7)61-33(53)18-29(38(56)44-27)46-40(58)34(23(5)6)47-31(50)13-14-32(51)52/h8-12,21-24,26-29,34-35H,13-20H2,1-7H3,(H2,42,54)(H,43,57)(H,44,56)(H,45,55)(H,46,58)(H,47,50)(H,48,59)(H,51,52)/t24-,26+,27+,28+,29+,34+,35+/m1/s1. The number of carboxylic acid groups (broad SMARTS) is 1. The number of nitrogens with one attached hydrogen (secondary N) is 6. The molecular weight excluding hydrogens is 798 g/mol. The summed E-state index contributed by atoms with van der Waals surface area (Å²) in [5, 5.41) is 23.9. The Morgan fingerprint density at radius 1 is 0.885 bits per heavy atom. The van der Waals surface area contributed by atoms with Crippen LogP contribution in [0, 0.1) is 23.7 Å². The van der Waals surface area contributed by atoms with Crippen LogP contribution < -0.4 is 37.6 Å². The SMILES string of the molecule is CC(C)C[C@H](NC(=O)[C@@H]1CNC(=O)[C@@H](NC(=O)OCc2ccccc2)[C@@H](C)OC(=O)C[C@H](NC(=O)[C@@H](NC(=O)CCC(=O)O)C(C)C)C(=O)N[C@@H](CC(C)C)C(=O)C1)C(N)=O. The zero-order valence-electron chi connectivity index (χ0n) is 35.7. The van der Waals surface area contributed by atoms with Gasteiger partial charge in [-0.3, -0.25) is 43.2 Å². The van der Waals surface area contributed by atoms with E-state index in [0.717, 1.165) is 0 Å². The van der Waals surface area contributed by atoms with Crippen molar-refractivity contribution in [2.24, 2.45) is 29.4 Å². The third-order valence-corrected chi connectivity index (χ3v) is 9.51. The van der Waals surface area contributed by atoms with Crippen molar-refractivity contribution in [2.45, 2.75) is 130 Å². The minimum atomic E-state index is -1.74. The van der Waals surface area contributed by atoms with E-state index in [1.54, 1.807) is 71.9 Å². The van der Waals surface area contributed by atoms with Crippen molar-refractivity contribution in [3.05, 3.63) is 35.9 Å². The van der Waals surface area contributed by atoms with Crippen LogP contribution in [-0.2, 0) is 59.2 Å². The van der Waals surface area contributed by atoms with Gasteiger partial charge in [-0.25, -0.2) is 4.79 Å². The van der Waals surface area contributed by atoms with Crippen LogP contribution in [0.1, 0.15) is 92.6 Å². The van der Waals surface area contributed by atoms with Crippen molar-refractivity contribution >= 4 is 59.3 Å². The van der Waals surface area contributed by atoms with E-state index in [4.69, 9.17) is 20.3 Å². The van der Waals surface area contributed by atoms with E-state index in [2.05, 4.69) is 31.9 Å². The number of alkyl carbamates (subject to hydrolysis) is 1. The lowest BCUT2D eigenvalue weighted by molar-refractivity contribution is -0.153. The van der Waals surface area contributed by atoms with Crippen molar-refractivity contribution in [1.82, 2.24) is 31.9 Å². The number of cyclic esters (lactones) is 1. The number of carbonyl (C=O) groups is 10. The van der Waals surface area contributed by atoms with Gasteiger partial charge in [0, 0.05) is 19.4 Å². The van der Waals surface area contributed by atoms with Gasteiger partial charge in [-0.15, -0.1) is 0 Å². The summed E-state index contributed by atoms with van der Waals surface area (Å²) in [6.07, 6.45) is -4.74. The smallest absolute Gasteiger partial charge is 0.408 e. The molecule has 0 unspecified atom stereocenters. The summed E-state index contributed by atoms with van der Waals surface area (Å²) in [6.45, 7) is 10.8. The van der Waals surface area contributed by atoms with Crippen LogP contribution in [-0.4, -0.2) is 107 Å². The molecule has 0 aliphatic carbocycles. The molecular formula is C41H61N7O13. The molecule has 9 N–H and O–H groups in total. The fourth-order valence-corrected chi connectivity index (χ4v) is 6.25. The Bertz CT molecular complexity index is 1740. The number of nitrogens with two attached hydrogens (primary N) is 1. The topological polar surface area (TPSA) is 308 Å². The van der Waals surface area contributed by atoms with E-state index < -0.39 is 140 Å². The number of aliphatic carboxylic acids is 1. The second kappa shape index (κ2) is 24.9.